The Balaban J connectivity index is 1.49. The highest BCUT2D eigenvalue weighted by Crippen LogP contribution is 2.32. The van der Waals surface area contributed by atoms with Gasteiger partial charge in [0.05, 0.1) is 5.92 Å². The highest BCUT2D eigenvalue weighted by molar-refractivity contribution is 5.89. The van der Waals surface area contributed by atoms with E-state index >= 15 is 0 Å². The van der Waals surface area contributed by atoms with Gasteiger partial charge in [0.15, 0.2) is 11.5 Å². The lowest BCUT2D eigenvalue weighted by Gasteiger charge is -2.31. The smallest absolute Gasteiger partial charge is 0.231 e. The number of amides is 2. The molecule has 2 heterocycles. The van der Waals surface area contributed by atoms with E-state index in [1.54, 1.807) is 4.90 Å². The lowest BCUT2D eigenvalue weighted by atomic mass is 10.1. The number of benzene rings is 1. The van der Waals surface area contributed by atoms with Gasteiger partial charge in [0.25, 0.3) is 0 Å². The zero-order valence-electron chi connectivity index (χ0n) is 14.4. The van der Waals surface area contributed by atoms with Crippen LogP contribution in [-0.2, 0) is 16.0 Å². The molecule has 2 aliphatic rings. The molecular weight excluding hydrogens is 308 g/mol. The van der Waals surface area contributed by atoms with Crippen LogP contribution in [0.25, 0.3) is 0 Å². The molecule has 6 nitrogen and oxygen atoms in total. The van der Waals surface area contributed by atoms with Crippen LogP contribution in [0.4, 0.5) is 0 Å². The summed E-state index contributed by atoms with van der Waals surface area (Å²) >= 11 is 0. The number of nitrogens with zero attached hydrogens (tertiary/aromatic N) is 1. The maximum atomic E-state index is 12.3. The van der Waals surface area contributed by atoms with Crippen LogP contribution in [0.2, 0.25) is 0 Å². The predicted molar refractivity (Wildman–Crippen MR) is 88.9 cm³/mol. The summed E-state index contributed by atoms with van der Waals surface area (Å²) in [7, 11) is 0. The minimum atomic E-state index is -0.256. The van der Waals surface area contributed by atoms with Crippen molar-refractivity contribution in [3.8, 4) is 11.5 Å². The van der Waals surface area contributed by atoms with E-state index in [4.69, 9.17) is 9.47 Å². The molecule has 1 unspecified atom stereocenters. The summed E-state index contributed by atoms with van der Waals surface area (Å²) < 4.78 is 10.6. The molecule has 0 aliphatic carbocycles. The summed E-state index contributed by atoms with van der Waals surface area (Å²) in [6.45, 7) is 7.27. The first-order chi connectivity index (χ1) is 11.3. The van der Waals surface area contributed by atoms with Crippen molar-refractivity contribution in [2.45, 2.75) is 39.2 Å². The average Bonchev–Trinajstić information content (AvgIpc) is 3.12. The number of ether oxygens (including phenoxy) is 2. The Morgan fingerprint density at radius 2 is 2.04 bits per heavy atom. The number of likely N-dealkylation sites (tertiary alicyclic amines) is 1. The van der Waals surface area contributed by atoms with E-state index in [-0.39, 0.29) is 30.1 Å². The Morgan fingerprint density at radius 1 is 1.29 bits per heavy atom. The quantitative estimate of drug-likeness (QED) is 0.912. The van der Waals surface area contributed by atoms with Crippen LogP contribution < -0.4 is 14.8 Å². The Bertz CT molecular complexity index is 651. The average molecular weight is 332 g/mol. The molecule has 0 aromatic heterocycles. The molecule has 1 aromatic carbocycles. The summed E-state index contributed by atoms with van der Waals surface area (Å²) in [6, 6.07) is 5.80. The van der Waals surface area contributed by atoms with Crippen molar-refractivity contribution >= 4 is 11.8 Å². The van der Waals surface area contributed by atoms with Gasteiger partial charge >= 0.3 is 0 Å². The summed E-state index contributed by atoms with van der Waals surface area (Å²) in [6.07, 6.45) is 1.01. The Morgan fingerprint density at radius 3 is 2.75 bits per heavy atom. The van der Waals surface area contributed by atoms with E-state index in [1.807, 2.05) is 39.0 Å². The van der Waals surface area contributed by atoms with Crippen molar-refractivity contribution in [1.82, 2.24) is 10.2 Å². The first-order valence-corrected chi connectivity index (χ1v) is 8.31. The van der Waals surface area contributed by atoms with Gasteiger partial charge in [-0.15, -0.1) is 0 Å². The molecule has 0 saturated carbocycles. The fourth-order valence-electron chi connectivity index (χ4n) is 3.10. The van der Waals surface area contributed by atoms with Crippen molar-refractivity contribution < 1.29 is 19.1 Å². The standard InChI is InChI=1S/C18H24N2O4/c1-18(2,3)20-10-13(9-16(20)21)17(22)19-7-6-12-4-5-14-15(8-12)24-11-23-14/h4-5,8,13H,6-7,9-11H2,1-3H3,(H,19,22). The molecule has 130 valence electrons. The summed E-state index contributed by atoms with van der Waals surface area (Å²) in [5.41, 5.74) is 0.844. The van der Waals surface area contributed by atoms with Crippen LogP contribution in [0, 0.1) is 5.92 Å². The second-order valence-corrected chi connectivity index (χ2v) is 7.30. The van der Waals surface area contributed by atoms with Gasteiger partial charge in [-0.3, -0.25) is 9.59 Å². The zero-order valence-corrected chi connectivity index (χ0v) is 14.4. The lowest BCUT2D eigenvalue weighted by molar-refractivity contribution is -0.132. The van der Waals surface area contributed by atoms with Crippen LogP contribution in [0.15, 0.2) is 18.2 Å². The van der Waals surface area contributed by atoms with Crippen LogP contribution in [0.5, 0.6) is 11.5 Å². The van der Waals surface area contributed by atoms with Crippen LogP contribution >= 0.6 is 0 Å². The number of carbonyl (C=O) groups excluding carboxylic acids is 2. The van der Waals surface area contributed by atoms with Crippen LogP contribution in [0.3, 0.4) is 0 Å². The molecule has 0 spiro atoms. The molecule has 2 aliphatic heterocycles. The Labute approximate surface area is 142 Å². The van der Waals surface area contributed by atoms with E-state index < -0.39 is 0 Å². The second kappa shape index (κ2) is 6.34. The van der Waals surface area contributed by atoms with E-state index in [1.165, 1.54) is 0 Å². The number of hydrogen-bond donors (Lipinski definition) is 1. The maximum absolute atomic E-state index is 12.3. The van der Waals surface area contributed by atoms with Gasteiger partial charge in [0.1, 0.15) is 0 Å². The number of carbonyl (C=O) groups is 2. The van der Waals surface area contributed by atoms with Gasteiger partial charge in [-0.25, -0.2) is 0 Å². The van der Waals surface area contributed by atoms with Crippen molar-refractivity contribution in [2.75, 3.05) is 19.9 Å². The van der Waals surface area contributed by atoms with Gasteiger partial charge in [0.2, 0.25) is 18.6 Å². The van der Waals surface area contributed by atoms with Crippen molar-refractivity contribution in [3.63, 3.8) is 0 Å². The molecule has 0 radical (unpaired) electrons. The first-order valence-electron chi connectivity index (χ1n) is 8.31. The molecule has 0 bridgehead atoms. The third kappa shape index (κ3) is 3.47. The highest BCUT2D eigenvalue weighted by atomic mass is 16.7. The number of rotatable bonds is 4. The van der Waals surface area contributed by atoms with Crippen LogP contribution in [0.1, 0.15) is 32.8 Å². The number of fused-ring (bicyclic) bond motifs is 1. The third-order valence-corrected chi connectivity index (χ3v) is 4.46. The fourth-order valence-corrected chi connectivity index (χ4v) is 3.10. The lowest BCUT2D eigenvalue weighted by Crippen LogP contribution is -2.43. The SMILES string of the molecule is CC(C)(C)N1CC(C(=O)NCCc2ccc3c(c2)OCO3)CC1=O. The van der Waals surface area contributed by atoms with E-state index in [2.05, 4.69) is 5.32 Å². The molecule has 24 heavy (non-hydrogen) atoms. The zero-order chi connectivity index (χ0) is 17.3. The summed E-state index contributed by atoms with van der Waals surface area (Å²) in [5.74, 6) is 1.26. The molecule has 3 rings (SSSR count). The van der Waals surface area contributed by atoms with Gasteiger partial charge < -0.3 is 19.7 Å². The molecule has 6 heteroatoms. The van der Waals surface area contributed by atoms with E-state index in [9.17, 15) is 9.59 Å². The fraction of sp³-hybridized carbons (Fsp3) is 0.556. The molecule has 2 amide bonds. The highest BCUT2D eigenvalue weighted by Gasteiger charge is 2.39. The molecule has 1 aromatic rings. The normalized spacial score (nSPS) is 19.7. The topological polar surface area (TPSA) is 67.9 Å². The van der Waals surface area contributed by atoms with E-state index in [0.29, 0.717) is 25.9 Å². The van der Waals surface area contributed by atoms with Gasteiger partial charge in [-0.2, -0.15) is 0 Å². The minimum Gasteiger partial charge on any atom is -0.454 e. The maximum Gasteiger partial charge on any atom is 0.231 e. The second-order valence-electron chi connectivity index (χ2n) is 7.30. The van der Waals surface area contributed by atoms with E-state index in [0.717, 1.165) is 17.1 Å². The molecule has 1 fully saturated rings. The van der Waals surface area contributed by atoms with Crippen molar-refractivity contribution in [1.29, 1.82) is 0 Å². The first kappa shape index (κ1) is 16.6. The number of nitrogens with one attached hydrogen (secondary N) is 1. The predicted octanol–water partition coefficient (Wildman–Crippen LogP) is 1.72. The van der Waals surface area contributed by atoms with Gasteiger partial charge in [-0.05, 0) is 44.9 Å². The molecule has 1 N–H and O–H groups in total. The van der Waals surface area contributed by atoms with Crippen molar-refractivity contribution in [2.24, 2.45) is 5.92 Å². The Hall–Kier alpha value is -2.24. The summed E-state index contributed by atoms with van der Waals surface area (Å²) in [4.78, 5) is 26.2. The van der Waals surface area contributed by atoms with Gasteiger partial charge in [0, 0.05) is 25.0 Å². The summed E-state index contributed by atoms with van der Waals surface area (Å²) in [5, 5.41) is 2.94. The molecule has 1 atom stereocenters. The minimum absolute atomic E-state index is 0.0455. The monoisotopic (exact) mass is 332 g/mol. The molecule has 1 saturated heterocycles. The number of hydrogen-bond acceptors (Lipinski definition) is 4. The third-order valence-electron chi connectivity index (χ3n) is 4.46. The Kier molecular flexibility index (Phi) is 4.39. The van der Waals surface area contributed by atoms with Crippen molar-refractivity contribution in [3.05, 3.63) is 23.8 Å². The van der Waals surface area contributed by atoms with Crippen LogP contribution in [-0.4, -0.2) is 42.1 Å². The largest absolute Gasteiger partial charge is 0.454 e. The molecular formula is C18H24N2O4. The van der Waals surface area contributed by atoms with Gasteiger partial charge in [-0.1, -0.05) is 6.07 Å².